The highest BCUT2D eigenvalue weighted by Gasteiger charge is 2.20. The van der Waals surface area contributed by atoms with E-state index in [0.717, 1.165) is 0 Å². The fourth-order valence-electron chi connectivity index (χ4n) is 2.45. The van der Waals surface area contributed by atoms with Gasteiger partial charge in [-0.1, -0.05) is 36.4 Å². The van der Waals surface area contributed by atoms with Crippen molar-refractivity contribution in [3.8, 4) is 0 Å². The molecule has 0 aliphatic carbocycles. The number of carbonyl (C=O) groups excluding carboxylic acids is 2. The number of esters is 2. The maximum absolute atomic E-state index is 12.3. The lowest BCUT2D eigenvalue weighted by atomic mass is 10.2. The third-order valence-electron chi connectivity index (χ3n) is 3.94. The molecule has 0 saturated heterocycles. The minimum atomic E-state index is -0.613. The third kappa shape index (κ3) is 6.84. The fraction of sp³-hybridized carbons (Fsp3) is 0.333. The summed E-state index contributed by atoms with van der Waals surface area (Å²) < 4.78 is 21.2. The highest BCUT2D eigenvalue weighted by molar-refractivity contribution is 5.90. The fourth-order valence-corrected chi connectivity index (χ4v) is 2.45. The first-order valence-electron chi connectivity index (χ1n) is 8.67. The van der Waals surface area contributed by atoms with E-state index in [1.54, 1.807) is 48.5 Å². The summed E-state index contributed by atoms with van der Waals surface area (Å²) in [5.41, 5.74) is 0.879. The predicted octanol–water partition coefficient (Wildman–Crippen LogP) is 3.47. The van der Waals surface area contributed by atoms with E-state index in [0.29, 0.717) is 24.0 Å². The number of hydrogen-bond acceptors (Lipinski definition) is 6. The van der Waals surface area contributed by atoms with E-state index in [-0.39, 0.29) is 6.61 Å². The molecule has 27 heavy (non-hydrogen) atoms. The molecule has 0 amide bonds. The van der Waals surface area contributed by atoms with Crippen LogP contribution < -0.4 is 0 Å². The van der Waals surface area contributed by atoms with E-state index >= 15 is 0 Å². The number of carbonyl (C=O) groups is 2. The molecule has 1 unspecified atom stereocenters. The number of methoxy groups -OCH3 is 2. The van der Waals surface area contributed by atoms with Gasteiger partial charge in [0.2, 0.25) is 0 Å². The molecule has 0 N–H and O–H groups in total. The van der Waals surface area contributed by atoms with Gasteiger partial charge in [0.25, 0.3) is 0 Å². The van der Waals surface area contributed by atoms with Crippen LogP contribution in [0.3, 0.4) is 0 Å². The maximum atomic E-state index is 12.3. The van der Waals surface area contributed by atoms with Gasteiger partial charge in [-0.2, -0.15) is 0 Å². The van der Waals surface area contributed by atoms with Gasteiger partial charge in [-0.25, -0.2) is 9.59 Å². The Hall–Kier alpha value is -2.70. The van der Waals surface area contributed by atoms with Crippen LogP contribution >= 0.6 is 0 Å². The first-order chi connectivity index (χ1) is 13.1. The van der Waals surface area contributed by atoms with Crippen LogP contribution in [-0.2, 0) is 18.9 Å². The Morgan fingerprint density at radius 3 is 1.81 bits per heavy atom. The van der Waals surface area contributed by atoms with E-state index in [9.17, 15) is 9.59 Å². The molecule has 0 saturated carbocycles. The van der Waals surface area contributed by atoms with Crippen molar-refractivity contribution in [2.45, 2.75) is 25.2 Å². The molecule has 1 atom stereocenters. The number of hydrogen-bond donors (Lipinski definition) is 0. The van der Waals surface area contributed by atoms with Crippen LogP contribution in [-0.4, -0.2) is 45.2 Å². The molecule has 0 bridgehead atoms. The first kappa shape index (κ1) is 20.6. The van der Waals surface area contributed by atoms with Crippen LogP contribution in [0, 0.1) is 0 Å². The summed E-state index contributed by atoms with van der Waals surface area (Å²) in [6.45, 7) is -0.0492. The van der Waals surface area contributed by atoms with Crippen molar-refractivity contribution in [1.29, 1.82) is 0 Å². The van der Waals surface area contributed by atoms with E-state index in [1.807, 2.05) is 12.1 Å². The van der Waals surface area contributed by atoms with Crippen molar-refractivity contribution < 1.29 is 28.5 Å². The Bertz CT molecular complexity index is 697. The summed E-state index contributed by atoms with van der Waals surface area (Å²) in [4.78, 5) is 24.5. The number of rotatable bonds is 10. The van der Waals surface area contributed by atoms with E-state index in [2.05, 4.69) is 0 Å². The third-order valence-corrected chi connectivity index (χ3v) is 3.94. The largest absolute Gasteiger partial charge is 0.458 e. The van der Waals surface area contributed by atoms with E-state index < -0.39 is 24.3 Å². The molecule has 0 aliphatic heterocycles. The zero-order chi connectivity index (χ0) is 19.5. The molecular weight excluding hydrogens is 348 g/mol. The van der Waals surface area contributed by atoms with E-state index in [1.165, 1.54) is 14.2 Å². The van der Waals surface area contributed by atoms with E-state index in [4.69, 9.17) is 18.9 Å². The van der Waals surface area contributed by atoms with Crippen molar-refractivity contribution in [2.24, 2.45) is 0 Å². The maximum Gasteiger partial charge on any atom is 0.338 e. The minimum absolute atomic E-state index is 0.0492. The van der Waals surface area contributed by atoms with Gasteiger partial charge >= 0.3 is 11.9 Å². The van der Waals surface area contributed by atoms with Crippen LogP contribution in [0.2, 0.25) is 0 Å². The smallest absolute Gasteiger partial charge is 0.338 e. The molecule has 144 valence electrons. The molecule has 2 aromatic carbocycles. The van der Waals surface area contributed by atoms with Crippen LogP contribution in [0.25, 0.3) is 0 Å². The topological polar surface area (TPSA) is 71.1 Å². The summed E-state index contributed by atoms with van der Waals surface area (Å²) in [5.74, 6) is -0.936. The monoisotopic (exact) mass is 372 g/mol. The van der Waals surface area contributed by atoms with Crippen LogP contribution in [0.1, 0.15) is 33.6 Å². The predicted molar refractivity (Wildman–Crippen MR) is 99.4 cm³/mol. The summed E-state index contributed by atoms with van der Waals surface area (Å²) in [7, 11) is 3.07. The van der Waals surface area contributed by atoms with Crippen molar-refractivity contribution >= 4 is 11.9 Å². The van der Waals surface area contributed by atoms with Crippen molar-refractivity contribution in [3.05, 3.63) is 71.8 Å². The lowest BCUT2D eigenvalue weighted by Gasteiger charge is -2.20. The highest BCUT2D eigenvalue weighted by Crippen LogP contribution is 2.13. The van der Waals surface area contributed by atoms with Crippen molar-refractivity contribution in [3.63, 3.8) is 0 Å². The lowest BCUT2D eigenvalue weighted by Crippen LogP contribution is -2.27. The standard InChI is InChI=1S/C21H24O6/c1-24-19(25-2)14-13-18(27-21(23)17-11-7-4-8-12-17)15-26-20(22)16-9-5-3-6-10-16/h3-12,18-19H,13-15H2,1-2H3. The Morgan fingerprint density at radius 1 is 0.778 bits per heavy atom. The van der Waals surface area contributed by atoms with Crippen molar-refractivity contribution in [2.75, 3.05) is 20.8 Å². The lowest BCUT2D eigenvalue weighted by molar-refractivity contribution is -0.112. The van der Waals surface area contributed by atoms with Gasteiger partial charge in [0.15, 0.2) is 6.29 Å². The summed E-state index contributed by atoms with van der Waals surface area (Å²) in [5, 5.41) is 0. The highest BCUT2D eigenvalue weighted by atomic mass is 16.7. The average Bonchev–Trinajstić information content (AvgIpc) is 2.73. The second-order valence-electron chi connectivity index (χ2n) is 5.84. The summed E-state index contributed by atoms with van der Waals surface area (Å²) in [6, 6.07) is 17.3. The molecule has 0 spiro atoms. The van der Waals surface area contributed by atoms with Gasteiger partial charge in [0, 0.05) is 20.6 Å². The molecule has 2 aromatic rings. The second-order valence-corrected chi connectivity index (χ2v) is 5.84. The zero-order valence-corrected chi connectivity index (χ0v) is 15.5. The Labute approximate surface area is 159 Å². The minimum Gasteiger partial charge on any atom is -0.458 e. The van der Waals surface area contributed by atoms with Crippen LogP contribution in [0.5, 0.6) is 0 Å². The van der Waals surface area contributed by atoms with Gasteiger partial charge < -0.3 is 18.9 Å². The molecular formula is C21H24O6. The summed E-state index contributed by atoms with van der Waals surface area (Å²) >= 11 is 0. The van der Waals surface area contributed by atoms with Gasteiger partial charge in [0.1, 0.15) is 12.7 Å². The van der Waals surface area contributed by atoms with Crippen LogP contribution in [0.15, 0.2) is 60.7 Å². The second kappa shape index (κ2) is 11.1. The SMILES string of the molecule is COC(CCC(COC(=O)c1ccccc1)OC(=O)c1ccccc1)OC. The quantitative estimate of drug-likeness (QED) is 0.470. The Morgan fingerprint density at radius 2 is 1.30 bits per heavy atom. The van der Waals surface area contributed by atoms with Gasteiger partial charge in [0.05, 0.1) is 11.1 Å². The first-order valence-corrected chi connectivity index (χ1v) is 8.67. The van der Waals surface area contributed by atoms with Gasteiger partial charge in [-0.3, -0.25) is 0 Å². The number of benzene rings is 2. The van der Waals surface area contributed by atoms with Gasteiger partial charge in [-0.15, -0.1) is 0 Å². The molecule has 0 heterocycles. The molecule has 0 fully saturated rings. The average molecular weight is 372 g/mol. The molecule has 0 aliphatic rings. The summed E-state index contributed by atoms with van der Waals surface area (Å²) in [6.07, 6.45) is -0.124. The molecule has 0 aromatic heterocycles. The number of ether oxygens (including phenoxy) is 4. The normalized spacial score (nSPS) is 11.8. The van der Waals surface area contributed by atoms with Crippen molar-refractivity contribution in [1.82, 2.24) is 0 Å². The Kier molecular flexibility index (Phi) is 8.48. The van der Waals surface area contributed by atoms with Crippen LogP contribution in [0.4, 0.5) is 0 Å². The zero-order valence-electron chi connectivity index (χ0n) is 15.5. The molecule has 6 nitrogen and oxygen atoms in total. The molecule has 2 rings (SSSR count). The van der Waals surface area contributed by atoms with Gasteiger partial charge in [-0.05, 0) is 30.7 Å². The Balaban J connectivity index is 1.98. The molecule has 0 radical (unpaired) electrons. The molecule has 6 heteroatoms.